The Morgan fingerprint density at radius 2 is 1.95 bits per heavy atom. The zero-order chi connectivity index (χ0) is 26.6. The van der Waals surface area contributed by atoms with Gasteiger partial charge in [0, 0.05) is 23.6 Å². The Kier molecular flexibility index (Phi) is 5.72. The summed E-state index contributed by atoms with van der Waals surface area (Å²) in [6.07, 6.45) is 2.70. The van der Waals surface area contributed by atoms with E-state index in [4.69, 9.17) is 11.6 Å². The second-order valence-corrected chi connectivity index (χ2v) is 10.3. The molecule has 3 heterocycles. The van der Waals surface area contributed by atoms with Crippen molar-refractivity contribution < 1.29 is 9.18 Å². The molecule has 9 heteroatoms. The lowest BCUT2D eigenvalue weighted by molar-refractivity contribution is 0.0868. The number of nitrogens with one attached hydrogen (secondary N) is 1. The maximum absolute atomic E-state index is 14.4. The third-order valence-corrected chi connectivity index (χ3v) is 7.72. The molecule has 6 rings (SSSR count). The summed E-state index contributed by atoms with van der Waals surface area (Å²) in [4.78, 5) is 26.0. The smallest absolute Gasteiger partial charge is 0.342 e. The van der Waals surface area contributed by atoms with Gasteiger partial charge in [-0.25, -0.2) is 18.4 Å². The lowest BCUT2D eigenvalue weighted by Gasteiger charge is -2.40. The van der Waals surface area contributed by atoms with Crippen molar-refractivity contribution in [1.82, 2.24) is 24.2 Å². The van der Waals surface area contributed by atoms with Crippen LogP contribution in [0.5, 0.6) is 0 Å². The summed E-state index contributed by atoms with van der Waals surface area (Å²) >= 11 is 6.56. The van der Waals surface area contributed by atoms with E-state index in [1.165, 1.54) is 39.0 Å². The molecule has 0 radical (unpaired) electrons. The van der Waals surface area contributed by atoms with E-state index in [-0.39, 0.29) is 28.0 Å². The Labute approximate surface area is 223 Å². The summed E-state index contributed by atoms with van der Waals surface area (Å²) in [5.74, 6) is -0.737. The minimum Gasteiger partial charge on any atom is -0.342 e. The van der Waals surface area contributed by atoms with Crippen LogP contribution in [0, 0.1) is 12.7 Å². The predicted octanol–water partition coefficient (Wildman–Crippen LogP) is 4.90. The molecule has 3 aromatic carbocycles. The van der Waals surface area contributed by atoms with Crippen LogP contribution in [0.2, 0.25) is 5.02 Å². The van der Waals surface area contributed by atoms with Gasteiger partial charge in [0.05, 0.1) is 28.4 Å². The Morgan fingerprint density at radius 1 is 1.11 bits per heavy atom. The summed E-state index contributed by atoms with van der Waals surface area (Å²) in [7, 11) is 1.55. The Balaban J connectivity index is 1.39. The van der Waals surface area contributed by atoms with E-state index in [0.717, 1.165) is 10.9 Å². The number of rotatable bonds is 4. The van der Waals surface area contributed by atoms with E-state index in [9.17, 15) is 14.0 Å². The number of fused-ring (bicyclic) bond motifs is 3. The first-order chi connectivity index (χ1) is 18.2. The maximum atomic E-state index is 14.4. The van der Waals surface area contributed by atoms with Crippen LogP contribution >= 0.6 is 11.6 Å². The Morgan fingerprint density at radius 3 is 2.68 bits per heavy atom. The summed E-state index contributed by atoms with van der Waals surface area (Å²) in [6, 6.07) is 19.7. The molecule has 5 aromatic rings. The highest BCUT2D eigenvalue weighted by Gasteiger charge is 2.39. The van der Waals surface area contributed by atoms with Crippen molar-refractivity contribution in [2.24, 2.45) is 7.05 Å². The lowest BCUT2D eigenvalue weighted by Crippen LogP contribution is -2.51. The first-order valence-electron chi connectivity index (χ1n) is 12.3. The molecule has 1 N–H and O–H groups in total. The molecule has 1 amide bonds. The van der Waals surface area contributed by atoms with Crippen molar-refractivity contribution in [2.45, 2.75) is 31.8 Å². The molecule has 0 aliphatic carbocycles. The molecule has 1 aliphatic heterocycles. The Bertz CT molecular complexity index is 1790. The van der Waals surface area contributed by atoms with E-state index in [1.54, 1.807) is 31.3 Å². The molecule has 192 valence electrons. The molecule has 1 atom stereocenters. The molecule has 0 bridgehead atoms. The minimum absolute atomic E-state index is 0.198. The highest BCUT2D eigenvalue weighted by atomic mass is 35.5. The van der Waals surface area contributed by atoms with Crippen molar-refractivity contribution in [3.63, 3.8) is 0 Å². The number of carbonyl (C=O) groups excluding carboxylic acids is 1. The monoisotopic (exact) mass is 529 g/mol. The third kappa shape index (κ3) is 4.01. The summed E-state index contributed by atoms with van der Waals surface area (Å²) in [6.45, 7) is 2.51. The summed E-state index contributed by atoms with van der Waals surface area (Å²) in [5.41, 5.74) is 3.71. The van der Waals surface area contributed by atoms with Crippen LogP contribution in [0.1, 0.15) is 33.6 Å². The van der Waals surface area contributed by atoms with E-state index >= 15 is 0 Å². The van der Waals surface area contributed by atoms with Gasteiger partial charge in [-0.05, 0) is 73.9 Å². The van der Waals surface area contributed by atoms with Gasteiger partial charge in [0.2, 0.25) is 0 Å². The van der Waals surface area contributed by atoms with Crippen molar-refractivity contribution >= 4 is 28.4 Å². The van der Waals surface area contributed by atoms with Crippen molar-refractivity contribution in [3.05, 3.63) is 117 Å². The molecule has 0 spiro atoms. The van der Waals surface area contributed by atoms with E-state index in [2.05, 4.69) is 46.2 Å². The average Bonchev–Trinajstić information content (AvgIpc) is 3.42. The zero-order valence-electron chi connectivity index (χ0n) is 20.9. The minimum atomic E-state index is -0.856. The standard InChI is InChI=1S/C29H25ClFN5O2/c1-18-6-9-26-19(12-18)13-23-10-11-29(16-35(23)26,20-4-3-5-21(31)14-20)33-27(37)24-8-7-22(15-25(24)30)36-17-32-34(2)28(36)38/h3-9,12-15,17H,10-11,16H2,1-2H3,(H,33,37)/t29-/m1/s1. The summed E-state index contributed by atoms with van der Waals surface area (Å²) < 4.78 is 19.2. The highest BCUT2D eigenvalue weighted by molar-refractivity contribution is 6.34. The van der Waals surface area contributed by atoms with Gasteiger partial charge in [-0.1, -0.05) is 35.4 Å². The van der Waals surface area contributed by atoms with Crippen LogP contribution in [0.4, 0.5) is 4.39 Å². The van der Waals surface area contributed by atoms with E-state index in [0.29, 0.717) is 30.6 Å². The number of carbonyl (C=O) groups is 1. The Hall–Kier alpha value is -4.17. The highest BCUT2D eigenvalue weighted by Crippen LogP contribution is 2.37. The molecule has 0 unspecified atom stereocenters. The van der Waals surface area contributed by atoms with Gasteiger partial charge in [-0.15, -0.1) is 0 Å². The van der Waals surface area contributed by atoms with Gasteiger partial charge in [-0.2, -0.15) is 5.10 Å². The second kappa shape index (κ2) is 8.99. The first-order valence-corrected chi connectivity index (χ1v) is 12.7. The molecule has 7 nitrogen and oxygen atoms in total. The van der Waals surface area contributed by atoms with Gasteiger partial charge in [0.15, 0.2) is 0 Å². The van der Waals surface area contributed by atoms with Crippen LogP contribution < -0.4 is 11.0 Å². The maximum Gasteiger partial charge on any atom is 0.350 e. The molecule has 1 aliphatic rings. The second-order valence-electron chi connectivity index (χ2n) is 9.90. The quantitative estimate of drug-likeness (QED) is 0.360. The number of hydrogen-bond acceptors (Lipinski definition) is 3. The molecule has 38 heavy (non-hydrogen) atoms. The molecule has 0 saturated heterocycles. The fourth-order valence-corrected chi connectivity index (χ4v) is 5.67. The number of halogens is 2. The lowest BCUT2D eigenvalue weighted by atomic mass is 9.82. The average molecular weight is 530 g/mol. The van der Waals surface area contributed by atoms with Gasteiger partial charge in [0.25, 0.3) is 5.91 Å². The van der Waals surface area contributed by atoms with Crippen LogP contribution in [0.15, 0.2) is 77.9 Å². The molecular weight excluding hydrogens is 505 g/mol. The predicted molar refractivity (Wildman–Crippen MR) is 144 cm³/mol. The van der Waals surface area contributed by atoms with E-state index < -0.39 is 5.54 Å². The number of aromatic nitrogens is 4. The fraction of sp³-hybridized carbons (Fsp3) is 0.207. The van der Waals surface area contributed by atoms with Crippen molar-refractivity contribution in [3.8, 4) is 5.69 Å². The largest absolute Gasteiger partial charge is 0.350 e. The van der Waals surface area contributed by atoms with Gasteiger partial charge < -0.3 is 9.88 Å². The van der Waals surface area contributed by atoms with Crippen molar-refractivity contribution in [2.75, 3.05) is 0 Å². The third-order valence-electron chi connectivity index (χ3n) is 7.41. The summed E-state index contributed by atoms with van der Waals surface area (Å²) in [5, 5.41) is 8.52. The molecular formula is C29H25ClFN5O2. The number of hydrogen-bond donors (Lipinski definition) is 1. The van der Waals surface area contributed by atoms with Gasteiger partial charge in [0.1, 0.15) is 12.1 Å². The van der Waals surface area contributed by atoms with Crippen molar-refractivity contribution in [1.29, 1.82) is 0 Å². The van der Waals surface area contributed by atoms with Crippen LogP contribution in [-0.2, 0) is 25.6 Å². The topological polar surface area (TPSA) is 73.8 Å². The molecule has 0 saturated carbocycles. The van der Waals surface area contributed by atoms with Crippen LogP contribution in [0.3, 0.4) is 0 Å². The first kappa shape index (κ1) is 24.2. The molecule has 0 fully saturated rings. The van der Waals surface area contributed by atoms with Crippen LogP contribution in [0.25, 0.3) is 16.6 Å². The SMILES string of the molecule is Cc1ccc2c(c1)cc1n2C[C@@](NC(=O)c2ccc(-n3cnn(C)c3=O)cc2Cl)(c2cccc(F)c2)CC1. The number of amides is 1. The molecule has 2 aromatic heterocycles. The van der Waals surface area contributed by atoms with E-state index in [1.807, 2.05) is 6.07 Å². The van der Waals surface area contributed by atoms with Crippen LogP contribution in [-0.4, -0.2) is 24.8 Å². The number of benzene rings is 3. The normalized spacial score (nSPS) is 16.9. The van der Waals surface area contributed by atoms with Gasteiger partial charge in [-0.3, -0.25) is 4.79 Å². The fourth-order valence-electron chi connectivity index (χ4n) is 5.41. The zero-order valence-corrected chi connectivity index (χ0v) is 21.7. The number of nitrogens with zero attached hydrogens (tertiary/aromatic N) is 4. The number of aryl methyl sites for hydroxylation is 3. The van der Waals surface area contributed by atoms with Gasteiger partial charge >= 0.3 is 5.69 Å².